The van der Waals surface area contributed by atoms with Crippen molar-refractivity contribution in [2.24, 2.45) is 5.92 Å². The third kappa shape index (κ3) is 25.5. The predicted octanol–water partition coefficient (Wildman–Crippen LogP) is 13.5. The largest absolute Gasteiger partial charge is 1.00 e. The van der Waals surface area contributed by atoms with Gasteiger partial charge in [0, 0.05) is 12.3 Å². The monoisotopic (exact) mass is 752 g/mol. The molecule has 0 rings (SSSR count). The van der Waals surface area contributed by atoms with Crippen molar-refractivity contribution in [1.82, 2.24) is 0 Å². The highest BCUT2D eigenvalue weighted by Crippen LogP contribution is 2.42. The van der Waals surface area contributed by atoms with E-state index in [2.05, 4.69) is 59.9 Å². The van der Waals surface area contributed by atoms with E-state index in [9.17, 15) is 0 Å². The van der Waals surface area contributed by atoms with Gasteiger partial charge < -0.3 is 21.5 Å². The summed E-state index contributed by atoms with van der Waals surface area (Å²) in [6.07, 6.45) is 50.8. The molecule has 0 spiro atoms. The second-order valence-corrected chi connectivity index (χ2v) is 16.4. The lowest BCUT2D eigenvalue weighted by Crippen LogP contribution is -3.00. The molecule has 0 aromatic rings. The van der Waals surface area contributed by atoms with Crippen LogP contribution < -0.4 is 17.0 Å². The van der Waals surface area contributed by atoms with Crippen LogP contribution >= 0.6 is 0 Å². The molecule has 2 atom stereocenters. The summed E-state index contributed by atoms with van der Waals surface area (Å²) in [5.74, 6) is 0.705. The van der Waals surface area contributed by atoms with E-state index in [-0.39, 0.29) is 22.5 Å². The summed E-state index contributed by atoms with van der Waals surface area (Å²) in [7, 11) is 0. The van der Waals surface area contributed by atoms with Gasteiger partial charge in [-0.2, -0.15) is 0 Å². The number of halogens is 1. The third-order valence-electron chi connectivity index (χ3n) is 12.2. The number of rotatable bonds is 40. The van der Waals surface area contributed by atoms with E-state index in [4.69, 9.17) is 0 Å². The lowest BCUT2D eigenvalue weighted by atomic mass is 9.73. The molecule has 0 aliphatic carbocycles. The average Bonchev–Trinajstić information content (AvgIpc) is 3.08. The first-order valence-electron chi connectivity index (χ1n) is 22.6. The summed E-state index contributed by atoms with van der Waals surface area (Å²) in [5, 5.41) is 0. The van der Waals surface area contributed by atoms with Crippen LogP contribution in [-0.4, -0.2) is 29.7 Å². The quantitative estimate of drug-likeness (QED) is 0.0332. The zero-order valence-corrected chi connectivity index (χ0v) is 36.5. The molecule has 0 N–H and O–H groups in total. The number of hydrogen-bond donors (Lipinski definition) is 0. The summed E-state index contributed by atoms with van der Waals surface area (Å²) in [4.78, 5) is 0. The molecule has 294 valence electrons. The van der Waals surface area contributed by atoms with Gasteiger partial charge in [0.15, 0.2) is 0 Å². The Labute approximate surface area is 323 Å². The smallest absolute Gasteiger partial charge is 0.103 e. The lowest BCUT2D eigenvalue weighted by Gasteiger charge is -2.56. The molecular weight excluding hydrogens is 658 g/mol. The van der Waals surface area contributed by atoms with Crippen molar-refractivity contribution < 1.29 is 21.5 Å². The fraction of sp³-hybridized carbons (Fsp3) is 0.915. The van der Waals surface area contributed by atoms with Gasteiger partial charge in [-0.05, 0) is 58.3 Å². The molecule has 0 amide bonds. The van der Waals surface area contributed by atoms with Gasteiger partial charge >= 0.3 is 0 Å². The number of unbranched alkanes of at least 4 members (excludes halogenated alkanes) is 26. The average molecular weight is 753 g/mol. The predicted molar refractivity (Wildman–Crippen MR) is 222 cm³/mol. The number of quaternary nitrogens is 1. The van der Waals surface area contributed by atoms with Gasteiger partial charge in [0.2, 0.25) is 0 Å². The zero-order chi connectivity index (χ0) is 35.4. The minimum absolute atomic E-state index is 0. The van der Waals surface area contributed by atoms with E-state index in [1.165, 1.54) is 230 Å². The molecule has 0 saturated heterocycles. The van der Waals surface area contributed by atoms with E-state index in [1.54, 1.807) is 0 Å². The van der Waals surface area contributed by atoms with Crippen molar-refractivity contribution in [3.05, 3.63) is 25.3 Å². The molecule has 0 fully saturated rings. The normalized spacial score (nSPS) is 13.6. The highest BCUT2D eigenvalue weighted by Gasteiger charge is 2.49. The molecule has 0 bridgehead atoms. The van der Waals surface area contributed by atoms with Crippen LogP contribution in [0.2, 0.25) is 0 Å². The van der Waals surface area contributed by atoms with Crippen molar-refractivity contribution in [1.29, 1.82) is 0 Å². The van der Waals surface area contributed by atoms with Crippen molar-refractivity contribution in [2.45, 2.75) is 252 Å². The van der Waals surface area contributed by atoms with Crippen LogP contribution in [-0.2, 0) is 0 Å². The Hall–Kier alpha value is -0.0800. The molecule has 0 aromatic carbocycles. The van der Waals surface area contributed by atoms with Crippen molar-refractivity contribution in [3.8, 4) is 0 Å². The molecule has 0 radical (unpaired) electrons. The van der Waals surface area contributed by atoms with E-state index < -0.39 is 0 Å². The Morgan fingerprint density at radius 3 is 1.00 bits per heavy atom. The molecule has 2 heteroatoms. The maximum Gasteiger partial charge on any atom is 0.103 e. The minimum atomic E-state index is 0. The van der Waals surface area contributed by atoms with E-state index in [0.29, 0.717) is 5.92 Å². The number of allylic oxidation sites excluding steroid dienone is 1. The summed E-state index contributed by atoms with van der Waals surface area (Å²) in [5.41, 5.74) is 0.253. The third-order valence-corrected chi connectivity index (χ3v) is 12.2. The van der Waals surface area contributed by atoms with Gasteiger partial charge in [0.05, 0.1) is 19.6 Å². The standard InChI is InChI=1S/C47H94N.BrH/c1-8-14-18-22-26-29-33-37-43-48(44-38-34-30-27-23-19-15-9-2,45-39-35-31-28-24-20-16-10-3)47(7,42-13-6)46(40-12-5)41-36-32-25-21-17-11-4;/h12-13,46H,5-6,8-11,14-45H2,1-4,7H3;1H/q+1;/p-1. The Balaban J connectivity index is 0. The Kier molecular flexibility index (Phi) is 39.2. The fourth-order valence-corrected chi connectivity index (χ4v) is 8.84. The van der Waals surface area contributed by atoms with Crippen LogP contribution in [0.5, 0.6) is 0 Å². The van der Waals surface area contributed by atoms with Crippen LogP contribution in [0.15, 0.2) is 25.3 Å². The molecule has 0 aliphatic rings. The molecular formula is C47H94BrN. The van der Waals surface area contributed by atoms with E-state index >= 15 is 0 Å². The molecule has 0 aromatic heterocycles. The van der Waals surface area contributed by atoms with Gasteiger partial charge in [-0.3, -0.25) is 0 Å². The van der Waals surface area contributed by atoms with Gasteiger partial charge in [-0.15, -0.1) is 13.2 Å². The first-order valence-corrected chi connectivity index (χ1v) is 22.6. The Morgan fingerprint density at radius 2 is 0.714 bits per heavy atom. The van der Waals surface area contributed by atoms with E-state index in [1.807, 2.05) is 0 Å². The van der Waals surface area contributed by atoms with Gasteiger partial charge in [0.25, 0.3) is 0 Å². The summed E-state index contributed by atoms with van der Waals surface area (Å²) in [6, 6.07) is 0. The van der Waals surface area contributed by atoms with Crippen molar-refractivity contribution in [2.75, 3.05) is 19.6 Å². The number of hydrogen-bond acceptors (Lipinski definition) is 0. The molecule has 0 saturated carbocycles. The van der Waals surface area contributed by atoms with Crippen LogP contribution in [0, 0.1) is 5.92 Å². The highest BCUT2D eigenvalue weighted by atomic mass is 79.9. The maximum absolute atomic E-state index is 4.43. The first kappa shape index (κ1) is 51.0. The summed E-state index contributed by atoms with van der Waals surface area (Å²) >= 11 is 0. The lowest BCUT2D eigenvalue weighted by molar-refractivity contribution is -0.979. The van der Waals surface area contributed by atoms with Crippen molar-refractivity contribution >= 4 is 0 Å². The second-order valence-electron chi connectivity index (χ2n) is 16.4. The second kappa shape index (κ2) is 37.7. The maximum atomic E-state index is 4.43. The van der Waals surface area contributed by atoms with Crippen LogP contribution in [0.25, 0.3) is 0 Å². The number of nitrogens with zero attached hydrogens (tertiary/aromatic N) is 1. The van der Waals surface area contributed by atoms with Crippen LogP contribution in [0.3, 0.4) is 0 Å². The molecule has 1 nitrogen and oxygen atoms in total. The van der Waals surface area contributed by atoms with Gasteiger partial charge in [-0.25, -0.2) is 0 Å². The topological polar surface area (TPSA) is 0 Å². The highest BCUT2D eigenvalue weighted by molar-refractivity contribution is 4.94. The molecule has 2 unspecified atom stereocenters. The first-order chi connectivity index (χ1) is 23.5. The van der Waals surface area contributed by atoms with E-state index in [0.717, 1.165) is 6.42 Å². The molecule has 49 heavy (non-hydrogen) atoms. The van der Waals surface area contributed by atoms with Crippen LogP contribution in [0.4, 0.5) is 0 Å². The van der Waals surface area contributed by atoms with Gasteiger partial charge in [-0.1, -0.05) is 194 Å². The van der Waals surface area contributed by atoms with Crippen molar-refractivity contribution in [3.63, 3.8) is 0 Å². The fourth-order valence-electron chi connectivity index (χ4n) is 8.84. The SMILES string of the molecule is C=CCC(CCCCCCCC)C(C)(CC=C)[N+](CCCCCCCCCC)(CCCCCCCCCC)CCCCCCCCCC.[Br-]. The Bertz CT molecular complexity index is 623. The summed E-state index contributed by atoms with van der Waals surface area (Å²) in [6.45, 7) is 25.0. The summed E-state index contributed by atoms with van der Waals surface area (Å²) < 4.78 is 1.36. The zero-order valence-electron chi connectivity index (χ0n) is 34.9. The van der Waals surface area contributed by atoms with Gasteiger partial charge in [0.1, 0.15) is 5.54 Å². The van der Waals surface area contributed by atoms with Crippen LogP contribution in [0.1, 0.15) is 247 Å². The Morgan fingerprint density at radius 1 is 0.429 bits per heavy atom. The molecule has 0 heterocycles. The minimum Gasteiger partial charge on any atom is -1.00 e. The molecule has 0 aliphatic heterocycles.